The number of ether oxygens (including phenoxy) is 2. The highest BCUT2D eigenvalue weighted by atomic mass is 35.5. The lowest BCUT2D eigenvalue weighted by molar-refractivity contribution is -0.158. The van der Waals surface area contributed by atoms with Gasteiger partial charge in [-0.2, -0.15) is 5.26 Å². The summed E-state index contributed by atoms with van der Waals surface area (Å²) in [6.07, 6.45) is 4.64. The fourth-order valence-electron chi connectivity index (χ4n) is 2.39. The first kappa shape index (κ1) is 20.3. The number of hydrogen-bond donors (Lipinski definition) is 0. The molecule has 0 aliphatic rings. The van der Waals surface area contributed by atoms with E-state index in [0.29, 0.717) is 33.3 Å². The number of carbonyl (C=O) groups is 1. The van der Waals surface area contributed by atoms with Crippen LogP contribution in [0.2, 0.25) is 10.0 Å². The van der Waals surface area contributed by atoms with Gasteiger partial charge in [0.2, 0.25) is 0 Å². The van der Waals surface area contributed by atoms with Crippen LogP contribution in [0.15, 0.2) is 30.6 Å². The normalized spacial score (nSPS) is 11.8. The summed E-state index contributed by atoms with van der Waals surface area (Å²) in [6.45, 7) is 4.20. The second-order valence-corrected chi connectivity index (χ2v) is 6.53. The summed E-state index contributed by atoms with van der Waals surface area (Å²) in [5.74, 6) is -0.455. The SMILES string of the molecule is CCCCOCC(=O)OC(C)n1cc(C#N)c(-c2cccc(Cl)c2Cl)c1. The van der Waals surface area contributed by atoms with Gasteiger partial charge in [-0.1, -0.05) is 48.7 Å². The fourth-order valence-corrected chi connectivity index (χ4v) is 2.79. The Morgan fingerprint density at radius 2 is 2.08 bits per heavy atom. The number of nitriles is 1. The van der Waals surface area contributed by atoms with Crippen LogP contribution in [0.25, 0.3) is 11.1 Å². The molecule has 7 heteroatoms. The van der Waals surface area contributed by atoms with Crippen LogP contribution in [-0.2, 0) is 14.3 Å². The van der Waals surface area contributed by atoms with Gasteiger partial charge in [0.1, 0.15) is 12.7 Å². The molecule has 0 saturated carbocycles. The van der Waals surface area contributed by atoms with Crippen LogP contribution in [0.4, 0.5) is 0 Å². The molecule has 0 saturated heterocycles. The zero-order valence-electron chi connectivity index (χ0n) is 14.7. The number of carbonyl (C=O) groups excluding carboxylic acids is 1. The van der Waals surface area contributed by atoms with E-state index in [1.54, 1.807) is 42.1 Å². The molecule has 26 heavy (non-hydrogen) atoms. The highest BCUT2D eigenvalue weighted by molar-refractivity contribution is 6.43. The predicted molar refractivity (Wildman–Crippen MR) is 101 cm³/mol. The van der Waals surface area contributed by atoms with Crippen molar-refractivity contribution in [3.63, 3.8) is 0 Å². The van der Waals surface area contributed by atoms with E-state index in [1.807, 2.05) is 6.92 Å². The van der Waals surface area contributed by atoms with Crippen molar-refractivity contribution < 1.29 is 14.3 Å². The van der Waals surface area contributed by atoms with Crippen molar-refractivity contribution in [2.24, 2.45) is 0 Å². The van der Waals surface area contributed by atoms with E-state index in [1.165, 1.54) is 0 Å². The van der Waals surface area contributed by atoms with Crippen LogP contribution in [0.1, 0.15) is 38.5 Å². The Morgan fingerprint density at radius 3 is 2.77 bits per heavy atom. The number of aromatic nitrogens is 1. The van der Waals surface area contributed by atoms with Gasteiger partial charge in [-0.15, -0.1) is 0 Å². The molecule has 1 aromatic carbocycles. The zero-order valence-corrected chi connectivity index (χ0v) is 16.2. The van der Waals surface area contributed by atoms with E-state index in [4.69, 9.17) is 32.7 Å². The van der Waals surface area contributed by atoms with Gasteiger partial charge >= 0.3 is 5.97 Å². The molecule has 1 heterocycles. The maximum Gasteiger partial charge on any atom is 0.334 e. The van der Waals surface area contributed by atoms with Crippen molar-refractivity contribution in [3.8, 4) is 17.2 Å². The number of halogens is 2. The average molecular weight is 395 g/mol. The van der Waals surface area contributed by atoms with Gasteiger partial charge in [0, 0.05) is 30.1 Å². The monoisotopic (exact) mass is 394 g/mol. The van der Waals surface area contributed by atoms with Crippen LogP contribution < -0.4 is 0 Å². The van der Waals surface area contributed by atoms with Crippen LogP contribution in [0.3, 0.4) is 0 Å². The molecule has 0 aliphatic carbocycles. The van der Waals surface area contributed by atoms with Crippen molar-refractivity contribution in [2.75, 3.05) is 13.2 Å². The molecule has 2 rings (SSSR count). The lowest BCUT2D eigenvalue weighted by Gasteiger charge is -2.15. The summed E-state index contributed by atoms with van der Waals surface area (Å²) in [4.78, 5) is 11.9. The van der Waals surface area contributed by atoms with Gasteiger partial charge in [-0.05, 0) is 19.4 Å². The van der Waals surface area contributed by atoms with E-state index in [2.05, 4.69) is 6.07 Å². The van der Waals surface area contributed by atoms with Crippen LogP contribution in [-0.4, -0.2) is 23.8 Å². The van der Waals surface area contributed by atoms with Crippen molar-refractivity contribution in [1.29, 1.82) is 5.26 Å². The van der Waals surface area contributed by atoms with Gasteiger partial charge in [0.15, 0.2) is 6.23 Å². The maximum absolute atomic E-state index is 11.9. The molecule has 0 N–H and O–H groups in total. The van der Waals surface area contributed by atoms with E-state index >= 15 is 0 Å². The first-order chi connectivity index (χ1) is 12.5. The Hall–Kier alpha value is -2.00. The Balaban J connectivity index is 2.14. The smallest absolute Gasteiger partial charge is 0.334 e. The van der Waals surface area contributed by atoms with Crippen molar-refractivity contribution in [2.45, 2.75) is 32.9 Å². The molecular formula is C19H20Cl2N2O3. The third-order valence-electron chi connectivity index (χ3n) is 3.79. The summed E-state index contributed by atoms with van der Waals surface area (Å²) in [5, 5.41) is 10.2. The molecule has 0 aliphatic heterocycles. The summed E-state index contributed by atoms with van der Waals surface area (Å²) in [5.41, 5.74) is 1.69. The lowest BCUT2D eigenvalue weighted by Crippen LogP contribution is -2.18. The maximum atomic E-state index is 11.9. The quantitative estimate of drug-likeness (QED) is 0.455. The number of esters is 1. The molecule has 1 aromatic heterocycles. The minimum absolute atomic E-state index is 0.0936. The van der Waals surface area contributed by atoms with Crippen molar-refractivity contribution >= 4 is 29.2 Å². The molecule has 0 spiro atoms. The molecule has 1 atom stereocenters. The van der Waals surface area contributed by atoms with Gasteiger partial charge < -0.3 is 14.0 Å². The Morgan fingerprint density at radius 1 is 1.31 bits per heavy atom. The summed E-state index contributed by atoms with van der Waals surface area (Å²) >= 11 is 12.3. The molecule has 0 bridgehead atoms. The van der Waals surface area contributed by atoms with E-state index < -0.39 is 12.2 Å². The Bertz CT molecular complexity index is 812. The number of benzene rings is 1. The lowest BCUT2D eigenvalue weighted by atomic mass is 10.1. The third-order valence-corrected chi connectivity index (χ3v) is 4.61. The summed E-state index contributed by atoms with van der Waals surface area (Å²) in [6, 6.07) is 7.36. The van der Waals surface area contributed by atoms with Gasteiger partial charge in [-0.25, -0.2) is 4.79 Å². The third kappa shape index (κ3) is 5.01. The molecule has 2 aromatic rings. The minimum atomic E-state index is -0.587. The molecule has 138 valence electrons. The van der Waals surface area contributed by atoms with Gasteiger partial charge in [0.25, 0.3) is 0 Å². The van der Waals surface area contributed by atoms with Crippen molar-refractivity contribution in [1.82, 2.24) is 4.57 Å². The first-order valence-corrected chi connectivity index (χ1v) is 9.06. The average Bonchev–Trinajstić information content (AvgIpc) is 3.05. The van der Waals surface area contributed by atoms with E-state index in [-0.39, 0.29) is 6.61 Å². The number of rotatable bonds is 8. The summed E-state index contributed by atoms with van der Waals surface area (Å²) in [7, 11) is 0. The molecule has 0 amide bonds. The van der Waals surface area contributed by atoms with Crippen LogP contribution in [0, 0.1) is 11.3 Å². The molecular weight excluding hydrogens is 375 g/mol. The van der Waals surface area contributed by atoms with Gasteiger partial charge in [-0.3, -0.25) is 0 Å². The van der Waals surface area contributed by atoms with Gasteiger partial charge in [0.05, 0.1) is 15.6 Å². The molecule has 1 unspecified atom stereocenters. The van der Waals surface area contributed by atoms with Crippen molar-refractivity contribution in [3.05, 3.63) is 46.2 Å². The highest BCUT2D eigenvalue weighted by Crippen LogP contribution is 2.36. The van der Waals surface area contributed by atoms with Crippen LogP contribution in [0.5, 0.6) is 0 Å². The topological polar surface area (TPSA) is 64.2 Å². The fraction of sp³-hybridized carbons (Fsp3) is 0.368. The number of hydrogen-bond acceptors (Lipinski definition) is 4. The zero-order chi connectivity index (χ0) is 19.1. The largest absolute Gasteiger partial charge is 0.440 e. The minimum Gasteiger partial charge on any atom is -0.440 e. The second-order valence-electron chi connectivity index (χ2n) is 5.74. The standard InChI is InChI=1S/C19H20Cl2N2O3/c1-3-4-8-25-12-18(24)26-13(2)23-10-14(9-22)16(11-23)15-6-5-7-17(20)19(15)21/h5-7,10-11,13H,3-4,8,12H2,1-2H3. The van der Waals surface area contributed by atoms with E-state index in [9.17, 15) is 10.1 Å². The Kier molecular flexibility index (Phi) is 7.52. The Labute approximate surface area is 163 Å². The van der Waals surface area contributed by atoms with E-state index in [0.717, 1.165) is 12.8 Å². The first-order valence-electron chi connectivity index (χ1n) is 8.31. The number of unbranched alkanes of at least 4 members (excludes halogenated alkanes) is 1. The number of nitrogens with zero attached hydrogens (tertiary/aromatic N) is 2. The predicted octanol–water partition coefficient (Wildman–Crippen LogP) is 5.21. The summed E-state index contributed by atoms with van der Waals surface area (Å²) < 4.78 is 12.3. The highest BCUT2D eigenvalue weighted by Gasteiger charge is 2.17. The molecule has 5 nitrogen and oxygen atoms in total. The molecule has 0 radical (unpaired) electrons. The second kappa shape index (κ2) is 9.63. The van der Waals surface area contributed by atoms with Crippen LogP contribution >= 0.6 is 23.2 Å². The molecule has 0 fully saturated rings.